The number of hydrogen-bond donors (Lipinski definition) is 2. The van der Waals surface area contributed by atoms with Crippen LogP contribution in [0.25, 0.3) is 16.7 Å². The lowest BCUT2D eigenvalue weighted by atomic mass is 10.1. The van der Waals surface area contributed by atoms with Crippen LogP contribution >= 0.6 is 23.2 Å². The number of carbonyl (C=O) groups is 1. The Morgan fingerprint density at radius 2 is 2.15 bits per heavy atom. The third-order valence-electron chi connectivity index (χ3n) is 5.79. The largest absolute Gasteiger partial charge is 0.380 e. The van der Waals surface area contributed by atoms with Crippen LogP contribution in [0.1, 0.15) is 23.7 Å². The molecule has 3 N–H and O–H groups in total. The highest BCUT2D eigenvalue weighted by atomic mass is 35.5. The number of benzene rings is 1. The zero-order chi connectivity index (χ0) is 24.0. The van der Waals surface area contributed by atoms with E-state index in [1.807, 2.05) is 11.8 Å². The lowest BCUT2D eigenvalue weighted by Gasteiger charge is -2.18. The summed E-state index contributed by atoms with van der Waals surface area (Å²) >= 11 is 12.6. The minimum absolute atomic E-state index is 0.138. The fraction of sp³-hybridized carbons (Fsp3) is 0.286. The van der Waals surface area contributed by atoms with Crippen LogP contribution in [-0.2, 0) is 6.54 Å². The van der Waals surface area contributed by atoms with E-state index in [4.69, 9.17) is 33.5 Å². The fourth-order valence-corrected chi connectivity index (χ4v) is 4.55. The van der Waals surface area contributed by atoms with E-state index in [2.05, 4.69) is 20.6 Å². The molecule has 4 aromatic rings. The van der Waals surface area contributed by atoms with Crippen LogP contribution in [0.15, 0.2) is 40.0 Å². The highest BCUT2D eigenvalue weighted by Crippen LogP contribution is 2.35. The molecule has 5 rings (SSSR count). The van der Waals surface area contributed by atoms with Crippen LogP contribution in [-0.4, -0.2) is 49.5 Å². The predicted octanol–water partition coefficient (Wildman–Crippen LogP) is 2.49. The summed E-state index contributed by atoms with van der Waals surface area (Å²) in [5, 5.41) is 12.0. The number of nitrogen functional groups attached to an aromatic ring is 1. The second kappa shape index (κ2) is 8.65. The molecular weight excluding hydrogens is 483 g/mol. The summed E-state index contributed by atoms with van der Waals surface area (Å²) in [7, 11) is 0. The third kappa shape index (κ3) is 3.76. The summed E-state index contributed by atoms with van der Waals surface area (Å²) < 4.78 is 8.05. The van der Waals surface area contributed by atoms with E-state index in [1.165, 1.54) is 21.8 Å². The van der Waals surface area contributed by atoms with Crippen molar-refractivity contribution in [1.82, 2.24) is 29.8 Å². The Bertz CT molecular complexity index is 1460. The summed E-state index contributed by atoms with van der Waals surface area (Å²) in [4.78, 5) is 31.6. The highest BCUT2D eigenvalue weighted by molar-refractivity contribution is 6.36. The van der Waals surface area contributed by atoms with E-state index < -0.39 is 0 Å². The molecule has 0 radical (unpaired) electrons. The molecule has 1 atom stereocenters. The van der Waals surface area contributed by atoms with Crippen LogP contribution in [0.3, 0.4) is 0 Å². The van der Waals surface area contributed by atoms with Crippen molar-refractivity contribution < 1.29 is 9.32 Å². The Morgan fingerprint density at radius 3 is 2.88 bits per heavy atom. The molecule has 0 saturated carbocycles. The maximum Gasteiger partial charge on any atom is 0.350 e. The van der Waals surface area contributed by atoms with Crippen molar-refractivity contribution in [2.24, 2.45) is 0 Å². The first-order valence-electron chi connectivity index (χ1n) is 10.6. The van der Waals surface area contributed by atoms with E-state index in [0.29, 0.717) is 59.1 Å². The number of nitrogens with two attached hydrogens (primary N) is 1. The van der Waals surface area contributed by atoms with Crippen molar-refractivity contribution >= 4 is 51.7 Å². The number of amides is 1. The Kier molecular flexibility index (Phi) is 5.66. The molecule has 0 aliphatic carbocycles. The van der Waals surface area contributed by atoms with E-state index >= 15 is 0 Å². The van der Waals surface area contributed by atoms with Gasteiger partial charge in [0.1, 0.15) is 6.33 Å². The Morgan fingerprint density at radius 1 is 1.32 bits per heavy atom. The SMILES string of the molecule is CCn1ncn(-c2ccc(C(=O)N[C@@H]3CCN(c4ncc(Cl)c5c(N)noc45)C3)c(Cl)c2)c1=O. The average molecular weight is 503 g/mol. The van der Waals surface area contributed by atoms with Gasteiger partial charge in [0, 0.05) is 31.9 Å². The number of aryl methyl sites for hydroxylation is 1. The Hall–Kier alpha value is -3.57. The van der Waals surface area contributed by atoms with Crippen molar-refractivity contribution in [2.75, 3.05) is 23.7 Å². The van der Waals surface area contributed by atoms with Gasteiger partial charge < -0.3 is 20.5 Å². The van der Waals surface area contributed by atoms with Gasteiger partial charge in [-0.05, 0) is 31.5 Å². The average Bonchev–Trinajstić information content (AvgIpc) is 3.53. The second-order valence-electron chi connectivity index (χ2n) is 7.87. The van der Waals surface area contributed by atoms with Crippen molar-refractivity contribution in [2.45, 2.75) is 25.9 Å². The predicted molar refractivity (Wildman–Crippen MR) is 128 cm³/mol. The molecule has 34 heavy (non-hydrogen) atoms. The Labute approximate surface area is 203 Å². The molecule has 1 aromatic carbocycles. The van der Waals surface area contributed by atoms with Crippen LogP contribution in [0, 0.1) is 0 Å². The molecule has 1 saturated heterocycles. The summed E-state index contributed by atoms with van der Waals surface area (Å²) in [6, 6.07) is 4.69. The van der Waals surface area contributed by atoms with Gasteiger partial charge in [0.05, 0.1) is 26.7 Å². The maximum absolute atomic E-state index is 12.9. The third-order valence-corrected chi connectivity index (χ3v) is 6.39. The molecule has 1 aliphatic rings. The van der Waals surface area contributed by atoms with Gasteiger partial charge in [-0.2, -0.15) is 5.10 Å². The number of anilines is 2. The quantitative estimate of drug-likeness (QED) is 0.424. The molecule has 0 unspecified atom stereocenters. The molecular formula is C21H20Cl2N8O3. The molecule has 1 aliphatic heterocycles. The van der Waals surface area contributed by atoms with E-state index in [-0.39, 0.29) is 28.5 Å². The number of rotatable bonds is 5. The summed E-state index contributed by atoms with van der Waals surface area (Å²) in [6.45, 7) is 3.44. The minimum Gasteiger partial charge on any atom is -0.380 e. The molecule has 4 heterocycles. The summed E-state index contributed by atoms with van der Waals surface area (Å²) in [5.74, 6) is 0.467. The standard InChI is InChI=1S/C21H20Cl2N8O3/c1-2-31-21(33)30(10-26-31)12-3-4-13(14(22)7-12)20(32)27-11-5-6-29(9-11)19-17-16(15(23)8-25-19)18(24)28-34-17/h3-4,7-8,10-11H,2,5-6,9H2,1H3,(H2,24,28)(H,27,32)/t11-/m1/s1. The number of fused-ring (bicyclic) bond motifs is 1. The second-order valence-corrected chi connectivity index (χ2v) is 8.68. The number of carbonyl (C=O) groups excluding carboxylic acids is 1. The summed E-state index contributed by atoms with van der Waals surface area (Å²) in [5.41, 5.74) is 6.83. The van der Waals surface area contributed by atoms with Crippen molar-refractivity contribution in [3.05, 3.63) is 56.8 Å². The number of nitrogens with zero attached hydrogens (tertiary/aromatic N) is 6. The zero-order valence-electron chi connectivity index (χ0n) is 18.0. The number of aromatic nitrogens is 5. The molecule has 0 spiro atoms. The van der Waals surface area contributed by atoms with Crippen LogP contribution in [0.4, 0.5) is 11.6 Å². The summed E-state index contributed by atoms with van der Waals surface area (Å²) in [6.07, 6.45) is 3.63. The normalized spacial score (nSPS) is 15.9. The van der Waals surface area contributed by atoms with Crippen molar-refractivity contribution in [3.8, 4) is 5.69 Å². The number of halogens is 2. The van der Waals surface area contributed by atoms with E-state index in [0.717, 1.165) is 0 Å². The van der Waals surface area contributed by atoms with Crippen LogP contribution < -0.4 is 21.6 Å². The van der Waals surface area contributed by atoms with Gasteiger partial charge in [-0.15, -0.1) is 0 Å². The van der Waals surface area contributed by atoms with Gasteiger partial charge in [-0.3, -0.25) is 4.79 Å². The van der Waals surface area contributed by atoms with Gasteiger partial charge in [-0.25, -0.2) is 19.0 Å². The first kappa shape index (κ1) is 22.2. The van der Waals surface area contributed by atoms with Gasteiger partial charge in [0.25, 0.3) is 5.91 Å². The van der Waals surface area contributed by atoms with Gasteiger partial charge in [0.15, 0.2) is 11.6 Å². The molecule has 13 heteroatoms. The minimum atomic E-state index is -0.307. The van der Waals surface area contributed by atoms with E-state index in [1.54, 1.807) is 18.2 Å². The maximum atomic E-state index is 12.9. The van der Waals surface area contributed by atoms with Crippen LogP contribution in [0.2, 0.25) is 10.0 Å². The van der Waals surface area contributed by atoms with Crippen molar-refractivity contribution in [3.63, 3.8) is 0 Å². The first-order chi connectivity index (χ1) is 16.4. The number of nitrogens with one attached hydrogen (secondary N) is 1. The topological polar surface area (TPSA) is 137 Å². The van der Waals surface area contributed by atoms with Crippen LogP contribution in [0.5, 0.6) is 0 Å². The Balaban J connectivity index is 1.31. The number of pyridine rings is 1. The van der Waals surface area contributed by atoms with Gasteiger partial charge in [-0.1, -0.05) is 28.4 Å². The molecule has 176 valence electrons. The van der Waals surface area contributed by atoms with E-state index in [9.17, 15) is 9.59 Å². The van der Waals surface area contributed by atoms with Crippen molar-refractivity contribution in [1.29, 1.82) is 0 Å². The smallest absolute Gasteiger partial charge is 0.350 e. The van der Waals surface area contributed by atoms with Gasteiger partial charge in [0.2, 0.25) is 5.58 Å². The fourth-order valence-electron chi connectivity index (χ4n) is 4.05. The van der Waals surface area contributed by atoms with Gasteiger partial charge >= 0.3 is 5.69 Å². The first-order valence-corrected chi connectivity index (χ1v) is 11.3. The lowest BCUT2D eigenvalue weighted by molar-refractivity contribution is 0.0940. The lowest BCUT2D eigenvalue weighted by Crippen LogP contribution is -2.37. The molecule has 1 fully saturated rings. The molecule has 1 amide bonds. The molecule has 3 aromatic heterocycles. The number of hydrogen-bond acceptors (Lipinski definition) is 8. The molecule has 0 bridgehead atoms. The zero-order valence-corrected chi connectivity index (χ0v) is 19.5. The molecule has 11 nitrogen and oxygen atoms in total. The highest BCUT2D eigenvalue weighted by Gasteiger charge is 2.29. The monoisotopic (exact) mass is 502 g/mol.